The average molecular weight is 324 g/mol. The van der Waals surface area contributed by atoms with Gasteiger partial charge in [-0.15, -0.1) is 0 Å². The molecular weight excluding hydrogens is 300 g/mol. The molecule has 0 saturated carbocycles. The molecule has 0 aliphatic carbocycles. The summed E-state index contributed by atoms with van der Waals surface area (Å²) < 4.78 is 0. The number of pyridine rings is 1. The van der Waals surface area contributed by atoms with E-state index in [1.807, 2.05) is 25.1 Å². The van der Waals surface area contributed by atoms with Gasteiger partial charge in [0, 0.05) is 5.69 Å². The molecule has 2 unspecified atom stereocenters. The zero-order chi connectivity index (χ0) is 17.1. The van der Waals surface area contributed by atoms with Gasteiger partial charge in [0.2, 0.25) is 0 Å². The van der Waals surface area contributed by atoms with E-state index in [4.69, 9.17) is 4.98 Å². The van der Waals surface area contributed by atoms with Gasteiger partial charge in [-0.25, -0.2) is 0 Å². The number of rotatable bonds is 4. The van der Waals surface area contributed by atoms with Crippen LogP contribution in [0.25, 0.3) is 0 Å². The lowest BCUT2D eigenvalue weighted by atomic mass is 9.93. The first-order valence-electron chi connectivity index (χ1n) is 8.55. The highest BCUT2D eigenvalue weighted by atomic mass is 16.4. The molecule has 126 valence electrons. The van der Waals surface area contributed by atoms with Crippen molar-refractivity contribution in [2.75, 3.05) is 6.54 Å². The predicted molar refractivity (Wildman–Crippen MR) is 94.0 cm³/mol. The van der Waals surface area contributed by atoms with E-state index in [0.29, 0.717) is 6.42 Å². The number of aromatic nitrogens is 1. The van der Waals surface area contributed by atoms with Crippen molar-refractivity contribution >= 4 is 5.97 Å². The molecule has 1 saturated heterocycles. The van der Waals surface area contributed by atoms with Gasteiger partial charge in [0.25, 0.3) is 0 Å². The maximum Gasteiger partial charge on any atom is 0.320 e. The van der Waals surface area contributed by atoms with E-state index >= 15 is 0 Å². The van der Waals surface area contributed by atoms with E-state index < -0.39 is 12.0 Å². The summed E-state index contributed by atoms with van der Waals surface area (Å²) >= 11 is 0. The normalized spacial score (nSPS) is 19.8. The molecule has 0 spiro atoms. The van der Waals surface area contributed by atoms with Crippen molar-refractivity contribution in [3.63, 3.8) is 0 Å². The Morgan fingerprint density at radius 1 is 1.17 bits per heavy atom. The van der Waals surface area contributed by atoms with Crippen LogP contribution in [-0.2, 0) is 4.79 Å². The van der Waals surface area contributed by atoms with Crippen molar-refractivity contribution in [3.05, 3.63) is 65.0 Å². The van der Waals surface area contributed by atoms with E-state index in [0.717, 1.165) is 36.3 Å². The Bertz CT molecular complexity index is 712. The van der Waals surface area contributed by atoms with Crippen LogP contribution >= 0.6 is 0 Å². The van der Waals surface area contributed by atoms with Gasteiger partial charge < -0.3 is 5.11 Å². The smallest absolute Gasteiger partial charge is 0.320 e. The third-order valence-electron chi connectivity index (χ3n) is 4.74. The molecule has 2 atom stereocenters. The van der Waals surface area contributed by atoms with Gasteiger partial charge in [-0.1, -0.05) is 42.3 Å². The number of piperidine rings is 1. The van der Waals surface area contributed by atoms with Crippen LogP contribution in [0.15, 0.2) is 42.5 Å². The molecule has 4 heteroatoms. The lowest BCUT2D eigenvalue weighted by Crippen LogP contribution is -2.47. The Morgan fingerprint density at radius 3 is 2.58 bits per heavy atom. The van der Waals surface area contributed by atoms with Gasteiger partial charge in [-0.05, 0) is 50.9 Å². The Balaban J connectivity index is 2.07. The molecule has 0 amide bonds. The van der Waals surface area contributed by atoms with Crippen LogP contribution in [0, 0.1) is 13.8 Å². The molecule has 0 radical (unpaired) electrons. The minimum absolute atomic E-state index is 0.119. The van der Waals surface area contributed by atoms with Crippen LogP contribution in [0.2, 0.25) is 0 Å². The zero-order valence-electron chi connectivity index (χ0n) is 14.3. The monoisotopic (exact) mass is 324 g/mol. The van der Waals surface area contributed by atoms with Crippen molar-refractivity contribution in [3.8, 4) is 0 Å². The highest BCUT2D eigenvalue weighted by molar-refractivity contribution is 5.73. The van der Waals surface area contributed by atoms with Crippen LogP contribution in [0.1, 0.15) is 47.8 Å². The van der Waals surface area contributed by atoms with Crippen LogP contribution in [0.3, 0.4) is 0 Å². The summed E-state index contributed by atoms with van der Waals surface area (Å²) in [5.74, 6) is -0.737. The maximum absolute atomic E-state index is 11.8. The minimum Gasteiger partial charge on any atom is -0.480 e. The number of carbonyl (C=O) groups is 1. The molecule has 24 heavy (non-hydrogen) atoms. The van der Waals surface area contributed by atoms with Gasteiger partial charge in [0.1, 0.15) is 6.04 Å². The standard InChI is InChI=1S/C20H24N2O2/c1-14-9-11-16(12-10-14)19(17-7-5-6-15(2)21-17)22-13-4-3-8-18(22)20(23)24/h5-7,9-12,18-19H,3-4,8,13H2,1-2H3,(H,23,24). The average Bonchev–Trinajstić information content (AvgIpc) is 2.57. The van der Waals surface area contributed by atoms with Crippen molar-refractivity contribution in [2.24, 2.45) is 0 Å². The third-order valence-corrected chi connectivity index (χ3v) is 4.74. The zero-order valence-corrected chi connectivity index (χ0v) is 14.3. The van der Waals surface area contributed by atoms with Crippen molar-refractivity contribution < 1.29 is 9.90 Å². The second-order valence-electron chi connectivity index (χ2n) is 6.60. The Labute approximate surface area is 143 Å². The number of hydrogen-bond donors (Lipinski definition) is 1. The van der Waals surface area contributed by atoms with Crippen LogP contribution in [0.5, 0.6) is 0 Å². The fourth-order valence-electron chi connectivity index (χ4n) is 3.53. The molecule has 2 heterocycles. The van der Waals surface area contributed by atoms with E-state index in [2.05, 4.69) is 36.1 Å². The molecular formula is C20H24N2O2. The van der Waals surface area contributed by atoms with Crippen molar-refractivity contribution in [1.82, 2.24) is 9.88 Å². The second kappa shape index (κ2) is 7.14. The molecule has 1 aromatic carbocycles. The summed E-state index contributed by atoms with van der Waals surface area (Å²) in [5, 5.41) is 9.69. The number of carboxylic acid groups (broad SMARTS) is 1. The fraction of sp³-hybridized carbons (Fsp3) is 0.400. The second-order valence-corrected chi connectivity index (χ2v) is 6.60. The SMILES string of the molecule is Cc1ccc(C(c2cccc(C)n2)N2CCCCC2C(=O)O)cc1. The fourth-order valence-corrected chi connectivity index (χ4v) is 3.53. The Morgan fingerprint density at radius 2 is 1.92 bits per heavy atom. The van der Waals surface area contributed by atoms with Crippen molar-refractivity contribution in [2.45, 2.75) is 45.2 Å². The van der Waals surface area contributed by atoms with E-state index in [1.54, 1.807) is 0 Å². The summed E-state index contributed by atoms with van der Waals surface area (Å²) in [7, 11) is 0. The first-order valence-corrected chi connectivity index (χ1v) is 8.55. The number of hydrogen-bond acceptors (Lipinski definition) is 3. The first kappa shape index (κ1) is 16.7. The summed E-state index contributed by atoms with van der Waals surface area (Å²) in [4.78, 5) is 18.6. The Kier molecular flexibility index (Phi) is 4.95. The molecule has 4 nitrogen and oxygen atoms in total. The lowest BCUT2D eigenvalue weighted by Gasteiger charge is -2.39. The molecule has 2 aromatic rings. The molecule has 1 N–H and O–H groups in total. The molecule has 1 aromatic heterocycles. The van der Waals surface area contributed by atoms with Gasteiger partial charge >= 0.3 is 5.97 Å². The minimum atomic E-state index is -0.737. The molecule has 1 fully saturated rings. The number of nitrogens with zero attached hydrogens (tertiary/aromatic N) is 2. The van der Waals surface area contributed by atoms with E-state index in [9.17, 15) is 9.90 Å². The van der Waals surface area contributed by atoms with E-state index in [-0.39, 0.29) is 6.04 Å². The summed E-state index contributed by atoms with van der Waals surface area (Å²) in [6, 6.07) is 13.8. The van der Waals surface area contributed by atoms with Crippen LogP contribution in [-0.4, -0.2) is 33.5 Å². The summed E-state index contributed by atoms with van der Waals surface area (Å²) in [6.07, 6.45) is 2.69. The predicted octanol–water partition coefficient (Wildman–Crippen LogP) is 3.73. The number of benzene rings is 1. The number of aryl methyl sites for hydroxylation is 2. The maximum atomic E-state index is 11.8. The topological polar surface area (TPSA) is 53.4 Å². The van der Waals surface area contributed by atoms with Crippen molar-refractivity contribution in [1.29, 1.82) is 0 Å². The van der Waals surface area contributed by atoms with Crippen LogP contribution < -0.4 is 0 Å². The third kappa shape index (κ3) is 3.49. The van der Waals surface area contributed by atoms with Gasteiger partial charge in [0.15, 0.2) is 0 Å². The Hall–Kier alpha value is -2.20. The molecule has 1 aliphatic heterocycles. The molecule has 3 rings (SSSR count). The number of aliphatic carboxylic acids is 1. The largest absolute Gasteiger partial charge is 0.480 e. The first-order chi connectivity index (χ1) is 11.6. The molecule has 0 bridgehead atoms. The van der Waals surface area contributed by atoms with Gasteiger partial charge in [0.05, 0.1) is 11.7 Å². The summed E-state index contributed by atoms with van der Waals surface area (Å²) in [6.45, 7) is 4.82. The highest BCUT2D eigenvalue weighted by Crippen LogP contribution is 2.33. The van der Waals surface area contributed by atoms with E-state index in [1.165, 1.54) is 5.56 Å². The highest BCUT2D eigenvalue weighted by Gasteiger charge is 2.35. The van der Waals surface area contributed by atoms with Gasteiger partial charge in [-0.3, -0.25) is 14.7 Å². The number of likely N-dealkylation sites (tertiary alicyclic amines) is 1. The molecule has 1 aliphatic rings. The number of carboxylic acids is 1. The lowest BCUT2D eigenvalue weighted by molar-refractivity contribution is -0.145. The summed E-state index contributed by atoms with van der Waals surface area (Å²) in [5.41, 5.74) is 4.18. The van der Waals surface area contributed by atoms with Gasteiger partial charge in [-0.2, -0.15) is 0 Å². The van der Waals surface area contributed by atoms with Crippen LogP contribution in [0.4, 0.5) is 0 Å². The quantitative estimate of drug-likeness (QED) is 0.931.